The van der Waals surface area contributed by atoms with Gasteiger partial charge in [-0.1, -0.05) is 18.2 Å². The molecule has 0 radical (unpaired) electrons. The Hall–Kier alpha value is -3.13. The highest BCUT2D eigenvalue weighted by molar-refractivity contribution is 5.91. The summed E-state index contributed by atoms with van der Waals surface area (Å²) >= 11 is 0. The van der Waals surface area contributed by atoms with Gasteiger partial charge in [0.1, 0.15) is 36.8 Å². The number of carbonyl (C=O) groups excluding carboxylic acids is 1. The average molecular weight is 450 g/mol. The molecule has 2 fully saturated rings. The molecule has 8 nitrogen and oxygen atoms in total. The number of hydrogen-bond donors (Lipinski definition) is 0. The Bertz CT molecular complexity index is 1040. The number of nitrogens with zero attached hydrogens (tertiary/aromatic N) is 5. The van der Waals surface area contributed by atoms with E-state index in [9.17, 15) is 4.79 Å². The summed E-state index contributed by atoms with van der Waals surface area (Å²) < 4.78 is 13.8. The van der Waals surface area contributed by atoms with Gasteiger partial charge in [0.15, 0.2) is 5.76 Å². The lowest BCUT2D eigenvalue weighted by molar-refractivity contribution is -0.0984. The van der Waals surface area contributed by atoms with Gasteiger partial charge < -0.3 is 14.1 Å². The van der Waals surface area contributed by atoms with E-state index in [0.717, 1.165) is 38.2 Å². The molecule has 2 unspecified atom stereocenters. The molecule has 8 heteroatoms. The maximum atomic E-state index is 13.0. The molecule has 0 bridgehead atoms. The van der Waals surface area contributed by atoms with Gasteiger partial charge >= 0.3 is 0 Å². The van der Waals surface area contributed by atoms with Gasteiger partial charge in [-0.3, -0.25) is 9.69 Å². The second-order valence-corrected chi connectivity index (χ2v) is 9.24. The summed E-state index contributed by atoms with van der Waals surface area (Å²) in [7, 11) is 0. The fourth-order valence-electron chi connectivity index (χ4n) is 5.08. The SMILES string of the molecule is CC(C)N1CC(Oc2ccccc2)C1C1CCN(C(=O)c2ccc(Cn3cncn3)o2)CC1. The van der Waals surface area contributed by atoms with E-state index in [1.54, 1.807) is 17.1 Å². The van der Waals surface area contributed by atoms with E-state index in [1.165, 1.54) is 6.33 Å². The number of ether oxygens (including phenoxy) is 1. The molecule has 33 heavy (non-hydrogen) atoms. The van der Waals surface area contributed by atoms with Gasteiger partial charge in [0.05, 0.1) is 6.04 Å². The molecule has 0 N–H and O–H groups in total. The van der Waals surface area contributed by atoms with Crippen molar-refractivity contribution in [2.45, 2.75) is 51.4 Å². The van der Waals surface area contributed by atoms with Crippen LogP contribution in [0.15, 0.2) is 59.5 Å². The number of para-hydroxylation sites is 1. The first-order valence-corrected chi connectivity index (χ1v) is 11.8. The average Bonchev–Trinajstić information content (AvgIpc) is 3.49. The zero-order chi connectivity index (χ0) is 22.8. The Morgan fingerprint density at radius 1 is 1.15 bits per heavy atom. The lowest BCUT2D eigenvalue weighted by Gasteiger charge is -2.54. The second kappa shape index (κ2) is 9.39. The molecule has 1 aromatic carbocycles. The Morgan fingerprint density at radius 2 is 1.94 bits per heavy atom. The Balaban J connectivity index is 1.19. The number of furan rings is 1. The number of piperidine rings is 1. The fourth-order valence-corrected chi connectivity index (χ4v) is 5.08. The van der Waals surface area contributed by atoms with E-state index >= 15 is 0 Å². The van der Waals surface area contributed by atoms with Crippen molar-refractivity contribution < 1.29 is 13.9 Å². The summed E-state index contributed by atoms with van der Waals surface area (Å²) in [6.45, 7) is 7.39. The van der Waals surface area contributed by atoms with Crippen LogP contribution in [-0.2, 0) is 6.54 Å². The third-order valence-electron chi connectivity index (χ3n) is 6.82. The van der Waals surface area contributed by atoms with Crippen LogP contribution >= 0.6 is 0 Å². The molecule has 2 aliphatic heterocycles. The summed E-state index contributed by atoms with van der Waals surface area (Å²) in [5.74, 6) is 2.49. The minimum atomic E-state index is -0.0373. The van der Waals surface area contributed by atoms with Crippen molar-refractivity contribution in [3.8, 4) is 5.75 Å². The molecule has 1 amide bonds. The maximum Gasteiger partial charge on any atom is 0.289 e. The maximum absolute atomic E-state index is 13.0. The van der Waals surface area contributed by atoms with E-state index in [-0.39, 0.29) is 12.0 Å². The minimum Gasteiger partial charge on any atom is -0.487 e. The van der Waals surface area contributed by atoms with Gasteiger partial charge in [-0.25, -0.2) is 9.67 Å². The minimum absolute atomic E-state index is 0.0373. The van der Waals surface area contributed by atoms with Crippen molar-refractivity contribution in [3.05, 3.63) is 66.6 Å². The summed E-state index contributed by atoms with van der Waals surface area (Å²) in [5, 5.41) is 4.08. The van der Waals surface area contributed by atoms with Gasteiger partial charge in [0.25, 0.3) is 5.91 Å². The lowest BCUT2D eigenvalue weighted by Crippen LogP contribution is -2.68. The molecule has 2 aromatic heterocycles. The first-order valence-electron chi connectivity index (χ1n) is 11.8. The zero-order valence-electron chi connectivity index (χ0n) is 19.2. The van der Waals surface area contributed by atoms with Crippen LogP contribution in [0, 0.1) is 5.92 Å². The fraction of sp³-hybridized carbons (Fsp3) is 0.480. The number of carbonyl (C=O) groups is 1. The lowest BCUT2D eigenvalue weighted by atomic mass is 9.79. The largest absolute Gasteiger partial charge is 0.487 e. The van der Waals surface area contributed by atoms with Crippen molar-refractivity contribution in [3.63, 3.8) is 0 Å². The Kier molecular flexibility index (Phi) is 6.17. The molecule has 3 aromatic rings. The van der Waals surface area contributed by atoms with Gasteiger partial charge in [0.2, 0.25) is 0 Å². The van der Waals surface area contributed by atoms with Crippen LogP contribution in [-0.4, -0.2) is 68.3 Å². The van der Waals surface area contributed by atoms with Gasteiger partial charge in [-0.15, -0.1) is 0 Å². The van der Waals surface area contributed by atoms with E-state index in [0.29, 0.717) is 36.1 Å². The molecule has 2 atom stereocenters. The Morgan fingerprint density at radius 3 is 2.64 bits per heavy atom. The quantitative estimate of drug-likeness (QED) is 0.551. The number of benzene rings is 1. The monoisotopic (exact) mass is 449 g/mol. The predicted octanol–water partition coefficient (Wildman–Crippen LogP) is 3.31. The van der Waals surface area contributed by atoms with Crippen molar-refractivity contribution in [1.29, 1.82) is 0 Å². The highest BCUT2D eigenvalue weighted by atomic mass is 16.5. The van der Waals surface area contributed by atoms with Crippen LogP contribution in [0.4, 0.5) is 0 Å². The van der Waals surface area contributed by atoms with E-state index in [4.69, 9.17) is 9.15 Å². The highest BCUT2D eigenvalue weighted by Crippen LogP contribution is 2.36. The summed E-state index contributed by atoms with van der Waals surface area (Å²) in [6.07, 6.45) is 5.26. The summed E-state index contributed by atoms with van der Waals surface area (Å²) in [4.78, 5) is 21.4. The third kappa shape index (κ3) is 4.66. The predicted molar refractivity (Wildman–Crippen MR) is 123 cm³/mol. The van der Waals surface area contributed by atoms with Gasteiger partial charge in [-0.05, 0) is 56.9 Å². The van der Waals surface area contributed by atoms with Crippen LogP contribution in [0.5, 0.6) is 5.75 Å². The van der Waals surface area contributed by atoms with Crippen LogP contribution < -0.4 is 4.74 Å². The topological polar surface area (TPSA) is 76.6 Å². The molecule has 5 rings (SSSR count). The van der Waals surface area contributed by atoms with E-state index in [2.05, 4.69) is 28.8 Å². The van der Waals surface area contributed by atoms with Gasteiger partial charge in [0, 0.05) is 25.7 Å². The molecule has 0 spiro atoms. The third-order valence-corrected chi connectivity index (χ3v) is 6.82. The Labute approximate surface area is 194 Å². The molecule has 2 saturated heterocycles. The number of likely N-dealkylation sites (tertiary alicyclic amines) is 2. The van der Waals surface area contributed by atoms with Crippen LogP contribution in [0.25, 0.3) is 0 Å². The molecular formula is C25H31N5O3. The number of aromatic nitrogens is 3. The molecule has 0 saturated carbocycles. The van der Waals surface area contributed by atoms with Crippen molar-refractivity contribution in [2.75, 3.05) is 19.6 Å². The zero-order valence-corrected chi connectivity index (χ0v) is 19.2. The van der Waals surface area contributed by atoms with E-state index in [1.807, 2.05) is 41.3 Å². The van der Waals surface area contributed by atoms with Crippen LogP contribution in [0.2, 0.25) is 0 Å². The van der Waals surface area contributed by atoms with Crippen molar-refractivity contribution >= 4 is 5.91 Å². The standard InChI is InChI=1S/C25H31N5O3/c1-18(2)30-15-23(32-20-6-4-3-5-7-20)24(30)19-10-12-28(13-11-19)25(31)22-9-8-21(33-22)14-29-17-26-16-27-29/h3-9,16-19,23-24H,10-15H2,1-2H3. The molecular weight excluding hydrogens is 418 g/mol. The van der Waals surface area contributed by atoms with Crippen LogP contribution in [0.1, 0.15) is 43.0 Å². The van der Waals surface area contributed by atoms with Gasteiger partial charge in [-0.2, -0.15) is 5.10 Å². The normalized spacial score (nSPS) is 21.8. The smallest absolute Gasteiger partial charge is 0.289 e. The molecule has 174 valence electrons. The first kappa shape index (κ1) is 21.7. The van der Waals surface area contributed by atoms with Crippen molar-refractivity contribution in [1.82, 2.24) is 24.6 Å². The number of rotatable bonds is 7. The molecule has 2 aliphatic rings. The summed E-state index contributed by atoms with van der Waals surface area (Å²) in [6, 6.07) is 14.6. The highest BCUT2D eigenvalue weighted by Gasteiger charge is 2.47. The van der Waals surface area contributed by atoms with Crippen molar-refractivity contribution in [2.24, 2.45) is 5.92 Å². The van der Waals surface area contributed by atoms with Crippen LogP contribution in [0.3, 0.4) is 0 Å². The molecule has 4 heterocycles. The number of amides is 1. The van der Waals surface area contributed by atoms with E-state index < -0.39 is 0 Å². The summed E-state index contributed by atoms with van der Waals surface area (Å²) in [5.41, 5.74) is 0. The second-order valence-electron chi connectivity index (χ2n) is 9.24. The first-order chi connectivity index (χ1) is 16.1. The molecule has 0 aliphatic carbocycles. The number of hydrogen-bond acceptors (Lipinski definition) is 6.